The number of nitrogens with zero attached hydrogens (tertiary/aromatic N) is 1. The van der Waals surface area contributed by atoms with Crippen LogP contribution in [0.3, 0.4) is 0 Å². The normalized spacial score (nSPS) is 19.0. The molecule has 1 aromatic heterocycles. The Morgan fingerprint density at radius 1 is 1.38 bits per heavy atom. The number of hydrogen-bond acceptors (Lipinski definition) is 3. The summed E-state index contributed by atoms with van der Waals surface area (Å²) in [5, 5.41) is 20.0. The van der Waals surface area contributed by atoms with Gasteiger partial charge < -0.3 is 10.4 Å². The van der Waals surface area contributed by atoms with Gasteiger partial charge in [-0.25, -0.2) is 0 Å². The minimum Gasteiger partial charge on any atom is -0.396 e. The first kappa shape index (κ1) is 16.0. The van der Waals surface area contributed by atoms with E-state index in [1.165, 1.54) is 0 Å². The van der Waals surface area contributed by atoms with Crippen molar-refractivity contribution in [2.24, 2.45) is 11.3 Å². The highest BCUT2D eigenvalue weighted by atomic mass is 16.3. The van der Waals surface area contributed by atoms with Gasteiger partial charge >= 0.3 is 0 Å². The van der Waals surface area contributed by atoms with E-state index >= 15 is 0 Å². The predicted molar refractivity (Wildman–Crippen MR) is 82.1 cm³/mol. The molecule has 21 heavy (non-hydrogen) atoms. The van der Waals surface area contributed by atoms with Crippen LogP contribution >= 0.6 is 0 Å². The van der Waals surface area contributed by atoms with Crippen LogP contribution in [0.2, 0.25) is 0 Å². The summed E-state index contributed by atoms with van der Waals surface area (Å²) in [7, 11) is 0. The molecule has 1 heterocycles. The molecule has 1 aliphatic carbocycles. The number of amides is 1. The second kappa shape index (κ2) is 6.18. The predicted octanol–water partition coefficient (Wildman–Crippen LogP) is 2.33. The molecule has 2 rings (SSSR count). The molecule has 0 saturated heterocycles. The largest absolute Gasteiger partial charge is 0.396 e. The van der Waals surface area contributed by atoms with Crippen molar-refractivity contribution in [3.63, 3.8) is 0 Å². The van der Waals surface area contributed by atoms with Gasteiger partial charge in [-0.3, -0.25) is 9.89 Å². The fraction of sp³-hybridized carbons (Fsp3) is 0.750. The number of aliphatic hydroxyl groups excluding tert-OH is 1. The highest BCUT2D eigenvalue weighted by Crippen LogP contribution is 2.43. The molecule has 5 nitrogen and oxygen atoms in total. The van der Waals surface area contributed by atoms with E-state index in [1.807, 2.05) is 13.8 Å². The van der Waals surface area contributed by atoms with Crippen molar-refractivity contribution in [2.45, 2.75) is 59.4 Å². The van der Waals surface area contributed by atoms with E-state index in [4.69, 9.17) is 0 Å². The third-order valence-electron chi connectivity index (χ3n) is 5.00. The molecule has 1 aromatic rings. The Bertz CT molecular complexity index is 502. The van der Waals surface area contributed by atoms with Crippen molar-refractivity contribution >= 4 is 5.91 Å². The topological polar surface area (TPSA) is 78.0 Å². The minimum atomic E-state index is -0.177. The molecule has 0 aromatic carbocycles. The first-order chi connectivity index (χ1) is 9.91. The van der Waals surface area contributed by atoms with Gasteiger partial charge in [0.25, 0.3) is 5.91 Å². The molecule has 0 bridgehead atoms. The summed E-state index contributed by atoms with van der Waals surface area (Å²) in [6, 6.07) is -0.0195. The molecule has 0 spiro atoms. The van der Waals surface area contributed by atoms with Crippen LogP contribution in [0.5, 0.6) is 0 Å². The number of carbonyl (C=O) groups is 1. The van der Waals surface area contributed by atoms with Crippen molar-refractivity contribution in [3.8, 4) is 0 Å². The zero-order chi connectivity index (χ0) is 15.6. The Kier molecular flexibility index (Phi) is 4.71. The first-order valence-electron chi connectivity index (χ1n) is 7.84. The van der Waals surface area contributed by atoms with E-state index in [0.717, 1.165) is 36.9 Å². The second-order valence-electron chi connectivity index (χ2n) is 6.74. The van der Waals surface area contributed by atoms with Gasteiger partial charge in [-0.1, -0.05) is 26.7 Å². The lowest BCUT2D eigenvalue weighted by molar-refractivity contribution is 0.0566. The third kappa shape index (κ3) is 2.98. The van der Waals surface area contributed by atoms with Crippen LogP contribution in [-0.4, -0.2) is 33.9 Å². The maximum absolute atomic E-state index is 12.5. The number of rotatable bonds is 5. The molecule has 3 N–H and O–H groups in total. The second-order valence-corrected chi connectivity index (χ2v) is 6.74. The number of aryl methyl sites for hydroxylation is 1. The number of H-pyrrole nitrogens is 1. The monoisotopic (exact) mass is 293 g/mol. The molecule has 1 atom stereocenters. The molecule has 1 saturated carbocycles. The lowest BCUT2D eigenvalue weighted by atomic mass is 9.74. The Hall–Kier alpha value is -1.36. The number of aliphatic hydroxyl groups is 1. The van der Waals surface area contributed by atoms with Gasteiger partial charge in [0.05, 0.1) is 6.61 Å². The number of aromatic nitrogens is 2. The summed E-state index contributed by atoms with van der Waals surface area (Å²) >= 11 is 0. The number of carbonyl (C=O) groups excluding carboxylic acids is 1. The summed E-state index contributed by atoms with van der Waals surface area (Å²) in [6.07, 6.45) is 4.21. The lowest BCUT2D eigenvalue weighted by Gasteiger charge is -2.39. The number of aromatic amines is 1. The maximum Gasteiger partial charge on any atom is 0.272 e. The van der Waals surface area contributed by atoms with E-state index in [2.05, 4.69) is 29.4 Å². The molecule has 0 radical (unpaired) electrons. The van der Waals surface area contributed by atoms with E-state index < -0.39 is 0 Å². The standard InChI is InChI=1S/C16H27N3O2/c1-10(2)14(16(9-20)7-5-6-8-16)17-15(21)13-11(3)12(4)18-19-13/h10,14,20H,5-9H2,1-4H3,(H,17,21)(H,18,19). The van der Waals surface area contributed by atoms with Gasteiger partial charge in [0.1, 0.15) is 0 Å². The van der Waals surface area contributed by atoms with Crippen molar-refractivity contribution < 1.29 is 9.90 Å². The average Bonchev–Trinajstić information content (AvgIpc) is 3.05. The lowest BCUT2D eigenvalue weighted by Crippen LogP contribution is -2.51. The van der Waals surface area contributed by atoms with Crippen LogP contribution in [0.15, 0.2) is 0 Å². The highest BCUT2D eigenvalue weighted by molar-refractivity contribution is 5.94. The maximum atomic E-state index is 12.5. The van der Waals surface area contributed by atoms with Crippen LogP contribution in [0.4, 0.5) is 0 Å². The van der Waals surface area contributed by atoms with E-state index in [-0.39, 0.29) is 29.9 Å². The molecule has 5 heteroatoms. The van der Waals surface area contributed by atoms with Crippen LogP contribution in [0.1, 0.15) is 61.3 Å². The molecule has 1 fully saturated rings. The quantitative estimate of drug-likeness (QED) is 0.779. The van der Waals surface area contributed by atoms with Crippen molar-refractivity contribution in [1.29, 1.82) is 0 Å². The van der Waals surface area contributed by atoms with Gasteiger partial charge in [-0.2, -0.15) is 5.10 Å². The summed E-state index contributed by atoms with van der Waals surface area (Å²) in [6.45, 7) is 8.14. The summed E-state index contributed by atoms with van der Waals surface area (Å²) in [5.41, 5.74) is 2.09. The van der Waals surface area contributed by atoms with Crippen molar-refractivity contribution in [2.75, 3.05) is 6.61 Å². The smallest absolute Gasteiger partial charge is 0.272 e. The fourth-order valence-corrected chi connectivity index (χ4v) is 3.59. The molecular formula is C16H27N3O2. The van der Waals surface area contributed by atoms with Crippen molar-refractivity contribution in [1.82, 2.24) is 15.5 Å². The average molecular weight is 293 g/mol. The Labute approximate surface area is 126 Å². The molecule has 1 amide bonds. The van der Waals surface area contributed by atoms with Crippen LogP contribution in [0, 0.1) is 25.2 Å². The Balaban J connectivity index is 2.20. The van der Waals surface area contributed by atoms with Crippen LogP contribution in [-0.2, 0) is 0 Å². The molecular weight excluding hydrogens is 266 g/mol. The van der Waals surface area contributed by atoms with E-state index in [9.17, 15) is 9.90 Å². The molecule has 1 unspecified atom stereocenters. The zero-order valence-corrected chi connectivity index (χ0v) is 13.5. The van der Waals surface area contributed by atoms with Gasteiger partial charge in [0.2, 0.25) is 0 Å². The first-order valence-corrected chi connectivity index (χ1v) is 7.84. The SMILES string of the molecule is Cc1[nH]nc(C(=O)NC(C(C)C)C2(CO)CCCC2)c1C. The van der Waals surface area contributed by atoms with Crippen LogP contribution in [0.25, 0.3) is 0 Å². The van der Waals surface area contributed by atoms with Gasteiger partial charge in [0.15, 0.2) is 5.69 Å². The zero-order valence-electron chi connectivity index (χ0n) is 13.5. The molecule has 0 aliphatic heterocycles. The van der Waals surface area contributed by atoms with Gasteiger partial charge in [0, 0.05) is 22.7 Å². The molecule has 1 aliphatic rings. The summed E-state index contributed by atoms with van der Waals surface area (Å²) in [5.74, 6) is 0.134. The van der Waals surface area contributed by atoms with E-state index in [0.29, 0.717) is 5.69 Å². The minimum absolute atomic E-state index is 0.0195. The Morgan fingerprint density at radius 2 is 2.00 bits per heavy atom. The summed E-state index contributed by atoms with van der Waals surface area (Å²) in [4.78, 5) is 12.5. The fourth-order valence-electron chi connectivity index (χ4n) is 3.59. The van der Waals surface area contributed by atoms with Crippen molar-refractivity contribution in [3.05, 3.63) is 17.0 Å². The highest BCUT2D eigenvalue weighted by Gasteiger charge is 2.43. The Morgan fingerprint density at radius 3 is 2.43 bits per heavy atom. The van der Waals surface area contributed by atoms with E-state index in [1.54, 1.807) is 0 Å². The third-order valence-corrected chi connectivity index (χ3v) is 5.00. The van der Waals surface area contributed by atoms with Crippen LogP contribution < -0.4 is 5.32 Å². The number of hydrogen-bond donors (Lipinski definition) is 3. The van der Waals surface area contributed by atoms with Gasteiger partial charge in [-0.15, -0.1) is 0 Å². The summed E-state index contributed by atoms with van der Waals surface area (Å²) < 4.78 is 0. The molecule has 118 valence electrons. The van der Waals surface area contributed by atoms with Gasteiger partial charge in [-0.05, 0) is 32.6 Å². The number of nitrogens with one attached hydrogen (secondary N) is 2.